The first-order valence-corrected chi connectivity index (χ1v) is 6.13. The van der Waals surface area contributed by atoms with Gasteiger partial charge in [-0.2, -0.15) is 4.21 Å². The normalized spacial score (nSPS) is 10.1. The average molecular weight is 260 g/mol. The molecule has 0 unspecified atom stereocenters. The lowest BCUT2D eigenvalue weighted by Crippen LogP contribution is -2.48. The summed E-state index contributed by atoms with van der Waals surface area (Å²) < 4.78 is 23.7. The van der Waals surface area contributed by atoms with Crippen LogP contribution >= 0.6 is 0 Å². The third-order valence-corrected chi connectivity index (χ3v) is 2.07. The highest BCUT2D eigenvalue weighted by molar-refractivity contribution is 7.73. The molecule has 5 heteroatoms. The van der Waals surface area contributed by atoms with E-state index in [2.05, 4.69) is 26.3 Å². The van der Waals surface area contributed by atoms with E-state index >= 15 is 0 Å². The van der Waals surface area contributed by atoms with Gasteiger partial charge in [0.25, 0.3) is 11.4 Å². The Hall–Kier alpha value is -1.01. The zero-order valence-corrected chi connectivity index (χ0v) is 10.9. The molecule has 0 bridgehead atoms. The Morgan fingerprint density at radius 3 is 1.12 bits per heavy atom. The highest BCUT2D eigenvalue weighted by atomic mass is 32.2. The summed E-state index contributed by atoms with van der Waals surface area (Å²) >= 11 is -2.61. The number of hydrogen-bond donors (Lipinski definition) is 2. The van der Waals surface area contributed by atoms with Gasteiger partial charge in [-0.1, -0.05) is 26.3 Å². The molecule has 2 N–H and O–H groups in total. The Morgan fingerprint density at radius 1 is 0.824 bits per heavy atom. The summed E-state index contributed by atoms with van der Waals surface area (Å²) in [4.78, 5) is 0. The maximum atomic E-state index is 8.67. The average Bonchev–Trinajstić information content (AvgIpc) is 2.18. The Bertz CT molecular complexity index is 227. The van der Waals surface area contributed by atoms with Crippen LogP contribution in [0.2, 0.25) is 0 Å². The van der Waals surface area contributed by atoms with E-state index in [1.54, 1.807) is 0 Å². The van der Waals surface area contributed by atoms with Crippen LogP contribution in [-0.2, 0) is 11.4 Å². The summed E-state index contributed by atoms with van der Waals surface area (Å²) in [6.07, 6.45) is 7.76. The topological polar surface area (TPSA) is 57.5 Å². The fraction of sp³-hybridized carbons (Fsp3) is 0.333. The first-order chi connectivity index (χ1) is 7.97. The van der Waals surface area contributed by atoms with E-state index in [0.29, 0.717) is 0 Å². The fourth-order valence-corrected chi connectivity index (χ4v) is 1.54. The molecule has 0 aromatic carbocycles. The minimum atomic E-state index is -2.61. The van der Waals surface area contributed by atoms with Crippen LogP contribution in [0.3, 0.4) is 0 Å². The van der Waals surface area contributed by atoms with Gasteiger partial charge < -0.3 is 4.48 Å². The third kappa shape index (κ3) is 11.3. The number of hydrogen-bond acceptors (Lipinski definition) is 1. The van der Waals surface area contributed by atoms with Crippen molar-refractivity contribution in [3.8, 4) is 0 Å². The molecule has 0 aliphatic rings. The van der Waals surface area contributed by atoms with Crippen molar-refractivity contribution in [3.63, 3.8) is 0 Å². The number of rotatable bonds is 8. The van der Waals surface area contributed by atoms with Gasteiger partial charge in [0.2, 0.25) is 0 Å². The second-order valence-corrected chi connectivity index (χ2v) is 3.92. The molecule has 0 fully saturated rings. The first-order valence-electron chi connectivity index (χ1n) is 5.06. The van der Waals surface area contributed by atoms with E-state index in [9.17, 15) is 0 Å². The number of quaternary nitrogens is 1. The zero-order chi connectivity index (χ0) is 13.7. The Labute approximate surface area is 106 Å². The van der Waals surface area contributed by atoms with Crippen LogP contribution in [0.5, 0.6) is 0 Å². The molecule has 0 aromatic rings. The zero-order valence-electron chi connectivity index (χ0n) is 10.1. The van der Waals surface area contributed by atoms with Crippen LogP contribution in [0, 0.1) is 0 Å². The highest BCUT2D eigenvalue weighted by Gasteiger charge is 2.20. The van der Waals surface area contributed by atoms with Gasteiger partial charge in [0, 0.05) is 0 Å². The molecule has 17 heavy (non-hydrogen) atoms. The fourth-order valence-electron chi connectivity index (χ4n) is 1.54. The van der Waals surface area contributed by atoms with Gasteiger partial charge in [0.05, 0.1) is 26.2 Å². The van der Waals surface area contributed by atoms with E-state index in [4.69, 9.17) is 13.3 Å². The van der Waals surface area contributed by atoms with Crippen molar-refractivity contribution in [2.75, 3.05) is 26.2 Å². The van der Waals surface area contributed by atoms with Crippen molar-refractivity contribution in [2.24, 2.45) is 0 Å². The molecule has 0 radical (unpaired) electrons. The SMILES string of the molecule is C=CC[N+](CC=C)(CC=C)CC=C.O=S(O)O. The van der Waals surface area contributed by atoms with Gasteiger partial charge in [-0.25, -0.2) is 0 Å². The van der Waals surface area contributed by atoms with Gasteiger partial charge in [-0.3, -0.25) is 9.11 Å². The van der Waals surface area contributed by atoms with Crippen molar-refractivity contribution in [1.29, 1.82) is 0 Å². The van der Waals surface area contributed by atoms with E-state index in [0.717, 1.165) is 30.7 Å². The summed E-state index contributed by atoms with van der Waals surface area (Å²) in [7, 11) is 0. The van der Waals surface area contributed by atoms with Crippen LogP contribution < -0.4 is 0 Å². The van der Waals surface area contributed by atoms with Crippen molar-refractivity contribution in [3.05, 3.63) is 50.6 Å². The monoisotopic (exact) mass is 260 g/mol. The lowest BCUT2D eigenvalue weighted by Gasteiger charge is -2.35. The van der Waals surface area contributed by atoms with Crippen molar-refractivity contribution < 1.29 is 17.8 Å². The lowest BCUT2D eigenvalue weighted by atomic mass is 10.3. The summed E-state index contributed by atoms with van der Waals surface area (Å²) in [6, 6.07) is 0. The summed E-state index contributed by atoms with van der Waals surface area (Å²) in [5.41, 5.74) is 0. The Kier molecular flexibility index (Phi) is 12.4. The summed E-state index contributed by atoms with van der Waals surface area (Å²) in [5, 5.41) is 0. The Balaban J connectivity index is 0. The molecule has 0 heterocycles. The maximum Gasteiger partial charge on any atom is 0.299 e. The summed E-state index contributed by atoms with van der Waals surface area (Å²) in [6.45, 7) is 18.8. The molecular formula is C12H22NO3S+. The maximum absolute atomic E-state index is 8.67. The molecule has 0 amide bonds. The van der Waals surface area contributed by atoms with Crippen molar-refractivity contribution in [1.82, 2.24) is 0 Å². The van der Waals surface area contributed by atoms with E-state index < -0.39 is 11.4 Å². The molecule has 0 saturated carbocycles. The molecule has 0 aliphatic carbocycles. The minimum absolute atomic E-state index is 0.903. The predicted octanol–water partition coefficient (Wildman–Crippen LogP) is 2.23. The van der Waals surface area contributed by atoms with Crippen LogP contribution in [0.4, 0.5) is 0 Å². The third-order valence-electron chi connectivity index (χ3n) is 2.07. The first kappa shape index (κ1) is 18.4. The lowest BCUT2D eigenvalue weighted by molar-refractivity contribution is -0.906. The molecule has 0 aromatic heterocycles. The molecule has 0 saturated heterocycles. The largest absolute Gasteiger partial charge is 0.311 e. The van der Waals surface area contributed by atoms with Gasteiger partial charge in [0.1, 0.15) is 0 Å². The molecule has 98 valence electrons. The highest BCUT2D eigenvalue weighted by Crippen LogP contribution is 2.07. The van der Waals surface area contributed by atoms with E-state index in [1.165, 1.54) is 0 Å². The molecule has 4 nitrogen and oxygen atoms in total. The van der Waals surface area contributed by atoms with Crippen LogP contribution in [0.25, 0.3) is 0 Å². The van der Waals surface area contributed by atoms with Crippen LogP contribution in [0.15, 0.2) is 50.6 Å². The predicted molar refractivity (Wildman–Crippen MR) is 73.9 cm³/mol. The quantitative estimate of drug-likeness (QED) is 0.400. The van der Waals surface area contributed by atoms with Crippen molar-refractivity contribution in [2.45, 2.75) is 0 Å². The van der Waals surface area contributed by atoms with E-state index in [1.807, 2.05) is 24.3 Å². The second-order valence-electron chi connectivity index (χ2n) is 3.46. The van der Waals surface area contributed by atoms with Gasteiger partial charge in [-0.05, 0) is 24.3 Å². The minimum Gasteiger partial charge on any atom is -0.311 e. The number of nitrogens with zero attached hydrogens (tertiary/aromatic N) is 1. The molecular weight excluding hydrogens is 238 g/mol. The van der Waals surface area contributed by atoms with Gasteiger partial charge in [0.15, 0.2) is 0 Å². The van der Waals surface area contributed by atoms with Gasteiger partial charge in [-0.15, -0.1) is 0 Å². The summed E-state index contributed by atoms with van der Waals surface area (Å²) in [5.74, 6) is 0. The molecule has 0 atom stereocenters. The van der Waals surface area contributed by atoms with Crippen molar-refractivity contribution >= 4 is 11.4 Å². The van der Waals surface area contributed by atoms with Crippen LogP contribution in [-0.4, -0.2) is 44.0 Å². The Morgan fingerprint density at radius 2 is 1.00 bits per heavy atom. The molecule has 0 aliphatic heterocycles. The molecule has 0 spiro atoms. The molecule has 0 rings (SSSR count). The van der Waals surface area contributed by atoms with Gasteiger partial charge >= 0.3 is 0 Å². The second kappa shape index (κ2) is 11.5. The smallest absolute Gasteiger partial charge is 0.299 e. The van der Waals surface area contributed by atoms with E-state index in [-0.39, 0.29) is 0 Å². The van der Waals surface area contributed by atoms with Crippen LogP contribution in [0.1, 0.15) is 0 Å². The standard InChI is InChI=1S/C12H20N.H2O3S/c1-5-9-13(10-6-2,11-7-3)12-8-4;1-4(2)3/h5-8H,1-4,9-12H2;(H2,1,2,3)/q+1;.